The van der Waals surface area contributed by atoms with Gasteiger partial charge in [-0.1, -0.05) is 19.4 Å². The molecule has 0 aliphatic heterocycles. The molecule has 178 valence electrons. The minimum absolute atomic E-state index is 0.0196. The molecule has 9 nitrogen and oxygen atoms in total. The fourth-order valence-corrected chi connectivity index (χ4v) is 4.36. The minimum Gasteiger partial charge on any atom is -0.506 e. The Morgan fingerprint density at radius 2 is 1.74 bits per heavy atom. The smallest absolute Gasteiger partial charge is 0.256 e. The molecule has 0 saturated heterocycles. The van der Waals surface area contributed by atoms with Crippen LogP contribution < -0.4 is 9.47 Å². The third-order valence-electron chi connectivity index (χ3n) is 5.39. The van der Waals surface area contributed by atoms with Gasteiger partial charge in [0.05, 0.1) is 36.0 Å². The zero-order valence-corrected chi connectivity index (χ0v) is 20.1. The number of thiazole rings is 1. The largest absolute Gasteiger partial charge is 0.506 e. The first-order chi connectivity index (χ1) is 16.6. The van der Waals surface area contributed by atoms with Crippen molar-refractivity contribution in [2.24, 2.45) is 0 Å². The average Bonchev–Trinajstić information content (AvgIpc) is 3.53. The van der Waals surface area contributed by atoms with Crippen molar-refractivity contribution in [3.8, 4) is 45.7 Å². The summed E-state index contributed by atoms with van der Waals surface area (Å²) in [6.07, 6.45) is 5.15. The van der Waals surface area contributed by atoms with Crippen LogP contribution in [-0.4, -0.2) is 44.6 Å². The molecular weight excluding hydrogens is 456 g/mol. The average molecular weight is 483 g/mol. The molecule has 2 N–H and O–H groups in total. The van der Waals surface area contributed by atoms with E-state index in [4.69, 9.17) is 13.9 Å². The van der Waals surface area contributed by atoms with E-state index >= 15 is 0 Å². The third-order valence-corrected chi connectivity index (χ3v) is 6.23. The maximum absolute atomic E-state index is 11.4. The Balaban J connectivity index is 1.82. The summed E-state index contributed by atoms with van der Waals surface area (Å²) in [4.78, 5) is 8.67. The van der Waals surface area contributed by atoms with Crippen molar-refractivity contribution in [3.05, 3.63) is 46.4 Å². The van der Waals surface area contributed by atoms with Crippen LogP contribution in [0.5, 0.6) is 23.1 Å². The van der Waals surface area contributed by atoms with Crippen LogP contribution in [0.15, 0.2) is 34.2 Å². The molecule has 34 heavy (non-hydrogen) atoms. The van der Waals surface area contributed by atoms with E-state index in [1.807, 2.05) is 5.38 Å². The monoisotopic (exact) mass is 482 g/mol. The Bertz CT molecular complexity index is 1230. The van der Waals surface area contributed by atoms with Crippen LogP contribution in [0.2, 0.25) is 0 Å². The van der Waals surface area contributed by atoms with Gasteiger partial charge in [0.1, 0.15) is 22.8 Å². The lowest BCUT2D eigenvalue weighted by Gasteiger charge is -2.18. The minimum atomic E-state index is -0.378. The Morgan fingerprint density at radius 3 is 2.38 bits per heavy atom. The van der Waals surface area contributed by atoms with Gasteiger partial charge in [-0.2, -0.15) is 0 Å². The number of aromatic nitrogens is 4. The number of hydrogen-bond acceptors (Lipinski definition) is 10. The van der Waals surface area contributed by atoms with Crippen LogP contribution in [0.25, 0.3) is 22.6 Å². The molecule has 0 spiro atoms. The molecule has 1 aromatic carbocycles. The van der Waals surface area contributed by atoms with E-state index in [2.05, 4.69) is 27.1 Å². The summed E-state index contributed by atoms with van der Waals surface area (Å²) in [5, 5.41) is 33.2. The van der Waals surface area contributed by atoms with Gasteiger partial charge < -0.3 is 24.1 Å². The van der Waals surface area contributed by atoms with Crippen molar-refractivity contribution in [2.75, 3.05) is 14.2 Å². The zero-order chi connectivity index (χ0) is 24.1. The lowest BCUT2D eigenvalue weighted by atomic mass is 9.95. The van der Waals surface area contributed by atoms with Crippen LogP contribution in [-0.2, 0) is 19.3 Å². The second-order valence-corrected chi connectivity index (χ2v) is 8.53. The maximum atomic E-state index is 11.4. The summed E-state index contributed by atoms with van der Waals surface area (Å²) in [5.41, 5.74) is 1.43. The Kier molecular flexibility index (Phi) is 7.27. The quantitative estimate of drug-likeness (QED) is 0.328. The first-order valence-corrected chi connectivity index (χ1v) is 11.8. The number of unbranched alkanes of at least 4 members (excludes halogenated alkanes) is 1. The molecule has 4 aromatic rings. The number of nitrogens with zero attached hydrogens (tertiary/aromatic N) is 4. The predicted octanol–water partition coefficient (Wildman–Crippen LogP) is 4.81. The third kappa shape index (κ3) is 4.67. The van der Waals surface area contributed by atoms with E-state index in [9.17, 15) is 10.2 Å². The molecule has 0 radical (unpaired) electrons. The highest BCUT2D eigenvalue weighted by Gasteiger charge is 2.28. The number of ether oxygens (including phenoxy) is 2. The molecular formula is C24H26N4O5S. The Hall–Kier alpha value is -3.66. The molecule has 0 saturated carbocycles. The van der Waals surface area contributed by atoms with Gasteiger partial charge in [0, 0.05) is 24.4 Å². The van der Waals surface area contributed by atoms with E-state index in [-0.39, 0.29) is 23.1 Å². The van der Waals surface area contributed by atoms with Gasteiger partial charge in [0.2, 0.25) is 11.8 Å². The van der Waals surface area contributed by atoms with Gasteiger partial charge in [0.15, 0.2) is 0 Å². The second-order valence-electron chi connectivity index (χ2n) is 7.55. The molecule has 0 unspecified atom stereocenters. The molecule has 4 rings (SSSR count). The fraction of sp³-hybridized carbons (Fsp3) is 0.333. The first kappa shape index (κ1) is 23.5. The van der Waals surface area contributed by atoms with Crippen LogP contribution in [0.3, 0.4) is 0 Å². The lowest BCUT2D eigenvalue weighted by Crippen LogP contribution is -2.01. The normalized spacial score (nSPS) is 11.0. The number of aromatic hydroxyl groups is 2. The number of aryl methyl sites for hydroxylation is 3. The Morgan fingerprint density at radius 1 is 0.971 bits per heavy atom. The molecule has 0 aliphatic rings. The highest BCUT2D eigenvalue weighted by molar-refractivity contribution is 7.09. The number of hydrogen-bond donors (Lipinski definition) is 2. The van der Waals surface area contributed by atoms with Crippen LogP contribution in [0.4, 0.5) is 0 Å². The summed E-state index contributed by atoms with van der Waals surface area (Å²) < 4.78 is 16.9. The molecule has 0 aliphatic carbocycles. The molecule has 0 fully saturated rings. The summed E-state index contributed by atoms with van der Waals surface area (Å²) in [6.45, 7) is 2.06. The molecule has 0 atom stereocenters. The SMILES string of the molecule is CCCCc1nc(O)c(-c2nnc(CCc3nccs3)o2)c(O)c1-c1c(OC)cccc1OC. The van der Waals surface area contributed by atoms with E-state index in [0.717, 1.165) is 17.8 Å². The van der Waals surface area contributed by atoms with Gasteiger partial charge in [-0.3, -0.25) is 0 Å². The summed E-state index contributed by atoms with van der Waals surface area (Å²) in [5.74, 6) is 0.748. The molecule has 3 heterocycles. The van der Waals surface area contributed by atoms with Crippen LogP contribution >= 0.6 is 11.3 Å². The summed E-state index contributed by atoms with van der Waals surface area (Å²) >= 11 is 1.55. The molecule has 10 heteroatoms. The lowest BCUT2D eigenvalue weighted by molar-refractivity contribution is 0.395. The van der Waals surface area contributed by atoms with E-state index < -0.39 is 0 Å². The summed E-state index contributed by atoms with van der Waals surface area (Å²) in [7, 11) is 3.09. The first-order valence-electron chi connectivity index (χ1n) is 10.9. The highest BCUT2D eigenvalue weighted by atomic mass is 32.1. The number of pyridine rings is 1. The summed E-state index contributed by atoms with van der Waals surface area (Å²) in [6, 6.07) is 5.35. The van der Waals surface area contributed by atoms with Crippen LogP contribution in [0, 0.1) is 0 Å². The number of rotatable bonds is 10. The molecule has 3 aromatic heterocycles. The van der Waals surface area contributed by atoms with E-state index in [1.54, 1.807) is 50.0 Å². The zero-order valence-electron chi connectivity index (χ0n) is 19.2. The Labute approximate surface area is 201 Å². The standard InChI is InChI=1S/C24H26N4O5S/c1-4-5-7-14-19(20-15(31-2)8-6-9-16(20)32-3)22(29)21(23(30)26-14)24-28-27-17(33-24)10-11-18-25-12-13-34-18/h6,8-9,12-13H,4-5,7,10-11H2,1-3H3,(H2,26,29,30). The number of benzene rings is 1. The van der Waals surface area contributed by atoms with Crippen molar-refractivity contribution in [1.82, 2.24) is 20.2 Å². The second kappa shape index (κ2) is 10.5. The van der Waals surface area contributed by atoms with Gasteiger partial charge >= 0.3 is 0 Å². The topological polar surface area (TPSA) is 124 Å². The molecule has 0 amide bonds. The van der Waals surface area contributed by atoms with Crippen LogP contribution in [0.1, 0.15) is 36.4 Å². The molecule has 0 bridgehead atoms. The van der Waals surface area contributed by atoms with Crippen molar-refractivity contribution in [1.29, 1.82) is 0 Å². The van der Waals surface area contributed by atoms with Gasteiger partial charge in [0.25, 0.3) is 5.89 Å². The van der Waals surface area contributed by atoms with Gasteiger partial charge in [-0.25, -0.2) is 9.97 Å². The highest BCUT2D eigenvalue weighted by Crippen LogP contribution is 2.49. The van der Waals surface area contributed by atoms with E-state index in [0.29, 0.717) is 53.5 Å². The van der Waals surface area contributed by atoms with Crippen molar-refractivity contribution < 1.29 is 24.1 Å². The number of methoxy groups -OCH3 is 2. The van der Waals surface area contributed by atoms with Gasteiger partial charge in [-0.15, -0.1) is 21.5 Å². The van der Waals surface area contributed by atoms with E-state index in [1.165, 1.54) is 0 Å². The predicted molar refractivity (Wildman–Crippen MR) is 128 cm³/mol. The van der Waals surface area contributed by atoms with Crippen molar-refractivity contribution >= 4 is 11.3 Å². The maximum Gasteiger partial charge on any atom is 0.256 e. The van der Waals surface area contributed by atoms with Crippen molar-refractivity contribution in [2.45, 2.75) is 39.0 Å². The fourth-order valence-electron chi connectivity index (χ4n) is 3.74. The van der Waals surface area contributed by atoms with Gasteiger partial charge in [-0.05, 0) is 25.0 Å². The van der Waals surface area contributed by atoms with Crippen molar-refractivity contribution in [3.63, 3.8) is 0 Å².